The quantitative estimate of drug-likeness (QED) is 0.941. The third-order valence-electron chi connectivity index (χ3n) is 4.05. The van der Waals surface area contributed by atoms with Crippen LogP contribution in [0.4, 0.5) is 4.39 Å². The lowest BCUT2D eigenvalue weighted by molar-refractivity contribution is 0.0929. The summed E-state index contributed by atoms with van der Waals surface area (Å²) in [5, 5.41) is 6.98. The van der Waals surface area contributed by atoms with E-state index in [4.69, 9.17) is 0 Å². The van der Waals surface area contributed by atoms with Gasteiger partial charge in [0.25, 0.3) is 11.5 Å². The standard InChI is InChI=1S/C17H18FN3O2/c1-2-10-21-16(22)9-8-15(20-21)17(23)19-14-7-6-11-12(14)4-3-5-13(11)18/h3-5,8-9,14H,2,6-7,10H2,1H3,(H,19,23). The SMILES string of the molecule is CCCn1nc(C(=O)NC2CCc3c(F)cccc32)ccc1=O. The molecule has 1 aromatic carbocycles. The average Bonchev–Trinajstić information content (AvgIpc) is 2.94. The molecule has 2 aromatic rings. The molecule has 0 aliphatic heterocycles. The molecule has 1 unspecified atom stereocenters. The Balaban J connectivity index is 1.80. The Morgan fingerprint density at radius 3 is 3.00 bits per heavy atom. The summed E-state index contributed by atoms with van der Waals surface area (Å²) < 4.78 is 15.0. The van der Waals surface area contributed by atoms with Crippen LogP contribution in [0.5, 0.6) is 0 Å². The summed E-state index contributed by atoms with van der Waals surface area (Å²) in [6.45, 7) is 2.41. The number of hydrogen-bond acceptors (Lipinski definition) is 3. The maximum absolute atomic E-state index is 13.7. The van der Waals surface area contributed by atoms with E-state index in [1.807, 2.05) is 13.0 Å². The summed E-state index contributed by atoms with van der Waals surface area (Å²) in [6, 6.07) is 7.47. The lowest BCUT2D eigenvalue weighted by Crippen LogP contribution is -2.31. The molecule has 0 radical (unpaired) electrons. The van der Waals surface area contributed by atoms with Crippen molar-refractivity contribution in [3.8, 4) is 0 Å². The Kier molecular flexibility index (Phi) is 4.23. The van der Waals surface area contributed by atoms with Crippen molar-refractivity contribution >= 4 is 5.91 Å². The van der Waals surface area contributed by atoms with E-state index in [-0.39, 0.29) is 29.0 Å². The van der Waals surface area contributed by atoms with Crippen LogP contribution in [-0.2, 0) is 13.0 Å². The molecule has 1 aromatic heterocycles. The van der Waals surface area contributed by atoms with Crippen LogP contribution < -0.4 is 10.9 Å². The summed E-state index contributed by atoms with van der Waals surface area (Å²) in [5.41, 5.74) is 1.46. The smallest absolute Gasteiger partial charge is 0.272 e. The highest BCUT2D eigenvalue weighted by Gasteiger charge is 2.26. The number of amides is 1. The van der Waals surface area contributed by atoms with Crippen LogP contribution in [0.1, 0.15) is 47.4 Å². The van der Waals surface area contributed by atoms with Gasteiger partial charge >= 0.3 is 0 Å². The molecule has 1 heterocycles. The van der Waals surface area contributed by atoms with Gasteiger partial charge in [0, 0.05) is 12.6 Å². The summed E-state index contributed by atoms with van der Waals surface area (Å²) in [7, 11) is 0. The fraction of sp³-hybridized carbons (Fsp3) is 0.353. The molecule has 23 heavy (non-hydrogen) atoms. The zero-order chi connectivity index (χ0) is 16.4. The maximum Gasteiger partial charge on any atom is 0.272 e. The van der Waals surface area contributed by atoms with Gasteiger partial charge < -0.3 is 5.32 Å². The number of rotatable bonds is 4. The van der Waals surface area contributed by atoms with Crippen LogP contribution in [0.15, 0.2) is 35.1 Å². The number of aryl methyl sites for hydroxylation is 1. The Labute approximate surface area is 133 Å². The predicted molar refractivity (Wildman–Crippen MR) is 83.7 cm³/mol. The summed E-state index contributed by atoms with van der Waals surface area (Å²) in [5.74, 6) is -0.578. The lowest BCUT2D eigenvalue weighted by atomic mass is 10.1. The van der Waals surface area contributed by atoms with Crippen molar-refractivity contribution in [2.45, 2.75) is 38.8 Å². The Morgan fingerprint density at radius 2 is 2.22 bits per heavy atom. The number of carbonyl (C=O) groups excluding carboxylic acids is 1. The molecule has 0 spiro atoms. The molecular formula is C17H18FN3O2. The molecule has 5 nitrogen and oxygen atoms in total. The molecule has 120 valence electrons. The molecular weight excluding hydrogens is 297 g/mol. The molecule has 0 saturated heterocycles. The van der Waals surface area contributed by atoms with Gasteiger partial charge in [0.2, 0.25) is 0 Å². The highest BCUT2D eigenvalue weighted by Crippen LogP contribution is 2.32. The van der Waals surface area contributed by atoms with Crippen molar-refractivity contribution < 1.29 is 9.18 Å². The van der Waals surface area contributed by atoms with Crippen molar-refractivity contribution in [2.24, 2.45) is 0 Å². The van der Waals surface area contributed by atoms with Gasteiger partial charge in [0.15, 0.2) is 0 Å². The molecule has 1 aliphatic rings. The first kappa shape index (κ1) is 15.4. The third kappa shape index (κ3) is 3.02. The Morgan fingerprint density at radius 1 is 1.39 bits per heavy atom. The van der Waals surface area contributed by atoms with Gasteiger partial charge in [-0.1, -0.05) is 19.1 Å². The van der Waals surface area contributed by atoms with Crippen molar-refractivity contribution in [3.05, 3.63) is 63.3 Å². The maximum atomic E-state index is 13.7. The zero-order valence-electron chi connectivity index (χ0n) is 12.9. The number of hydrogen-bond donors (Lipinski definition) is 1. The van der Waals surface area contributed by atoms with Crippen molar-refractivity contribution in [1.82, 2.24) is 15.1 Å². The van der Waals surface area contributed by atoms with Crippen LogP contribution in [0.25, 0.3) is 0 Å². The average molecular weight is 315 g/mol. The summed E-state index contributed by atoms with van der Waals surface area (Å²) in [4.78, 5) is 24.0. The second-order valence-electron chi connectivity index (χ2n) is 5.65. The van der Waals surface area contributed by atoms with E-state index in [1.165, 1.54) is 22.9 Å². The Hall–Kier alpha value is -2.50. The second kappa shape index (κ2) is 6.32. The highest BCUT2D eigenvalue weighted by atomic mass is 19.1. The van der Waals surface area contributed by atoms with Gasteiger partial charge in [-0.2, -0.15) is 5.10 Å². The van der Waals surface area contributed by atoms with Crippen LogP contribution >= 0.6 is 0 Å². The largest absolute Gasteiger partial charge is 0.344 e. The minimum absolute atomic E-state index is 0.197. The molecule has 3 rings (SSSR count). The van der Waals surface area contributed by atoms with E-state index in [1.54, 1.807) is 6.07 Å². The highest BCUT2D eigenvalue weighted by molar-refractivity contribution is 5.92. The van der Waals surface area contributed by atoms with E-state index >= 15 is 0 Å². The fourth-order valence-electron chi connectivity index (χ4n) is 2.93. The number of nitrogens with one attached hydrogen (secondary N) is 1. The van der Waals surface area contributed by atoms with E-state index in [2.05, 4.69) is 10.4 Å². The molecule has 0 fully saturated rings. The van der Waals surface area contributed by atoms with Crippen molar-refractivity contribution in [3.63, 3.8) is 0 Å². The molecule has 1 atom stereocenters. The van der Waals surface area contributed by atoms with Gasteiger partial charge in [0.1, 0.15) is 11.5 Å². The number of nitrogens with zero attached hydrogens (tertiary/aromatic N) is 2. The Bertz CT molecular complexity index is 801. The van der Waals surface area contributed by atoms with Crippen molar-refractivity contribution in [2.75, 3.05) is 0 Å². The number of fused-ring (bicyclic) bond motifs is 1. The second-order valence-corrected chi connectivity index (χ2v) is 5.65. The van der Waals surface area contributed by atoms with Crippen LogP contribution in [0.3, 0.4) is 0 Å². The summed E-state index contributed by atoms with van der Waals surface area (Å²) >= 11 is 0. The van der Waals surface area contributed by atoms with Crippen LogP contribution in [0, 0.1) is 5.82 Å². The predicted octanol–water partition coefficient (Wildman–Crippen LogP) is 2.21. The molecule has 1 N–H and O–H groups in total. The van der Waals surface area contributed by atoms with Crippen molar-refractivity contribution in [1.29, 1.82) is 0 Å². The monoisotopic (exact) mass is 315 g/mol. The molecule has 6 heteroatoms. The first-order valence-electron chi connectivity index (χ1n) is 7.76. The fourth-order valence-corrected chi connectivity index (χ4v) is 2.93. The molecule has 0 saturated carbocycles. The third-order valence-corrected chi connectivity index (χ3v) is 4.05. The lowest BCUT2D eigenvalue weighted by Gasteiger charge is -2.14. The zero-order valence-corrected chi connectivity index (χ0v) is 12.9. The number of halogens is 1. The van der Waals surface area contributed by atoms with E-state index < -0.39 is 0 Å². The van der Waals surface area contributed by atoms with E-state index in [9.17, 15) is 14.0 Å². The van der Waals surface area contributed by atoms with Gasteiger partial charge in [-0.25, -0.2) is 9.07 Å². The number of aromatic nitrogens is 2. The number of carbonyl (C=O) groups is 1. The summed E-state index contributed by atoms with van der Waals surface area (Å²) in [6.07, 6.45) is 2.03. The first-order valence-corrected chi connectivity index (χ1v) is 7.76. The van der Waals surface area contributed by atoms with Gasteiger partial charge in [0.05, 0.1) is 6.04 Å². The van der Waals surface area contributed by atoms with Gasteiger partial charge in [-0.05, 0) is 42.5 Å². The van der Waals surface area contributed by atoms with Gasteiger partial charge in [-0.15, -0.1) is 0 Å². The number of benzene rings is 1. The van der Waals surface area contributed by atoms with E-state index in [0.29, 0.717) is 24.9 Å². The minimum Gasteiger partial charge on any atom is -0.344 e. The van der Waals surface area contributed by atoms with Gasteiger partial charge in [-0.3, -0.25) is 9.59 Å². The first-order chi connectivity index (χ1) is 11.1. The minimum atomic E-state index is -0.350. The van der Waals surface area contributed by atoms with E-state index in [0.717, 1.165) is 12.0 Å². The van der Waals surface area contributed by atoms with Crippen LogP contribution in [0.2, 0.25) is 0 Å². The molecule has 1 aliphatic carbocycles. The normalized spacial score (nSPS) is 16.2. The molecule has 1 amide bonds. The van der Waals surface area contributed by atoms with Crippen LogP contribution in [-0.4, -0.2) is 15.7 Å². The topological polar surface area (TPSA) is 64.0 Å². The molecule has 0 bridgehead atoms.